The molecule has 1 amide bonds. The van der Waals surface area contributed by atoms with Crippen molar-refractivity contribution >= 4 is 11.6 Å². The van der Waals surface area contributed by atoms with Crippen molar-refractivity contribution in [3.8, 4) is 11.5 Å². The second kappa shape index (κ2) is 6.51. The summed E-state index contributed by atoms with van der Waals surface area (Å²) >= 11 is 0. The molecule has 2 aromatic carbocycles. The van der Waals surface area contributed by atoms with Gasteiger partial charge in [0.15, 0.2) is 0 Å². The number of nitrogens with one attached hydrogen (secondary N) is 1. The fraction of sp³-hybridized carbons (Fsp3) is 0.316. The molecule has 126 valence electrons. The lowest BCUT2D eigenvalue weighted by molar-refractivity contribution is -0.124. The molecule has 2 aromatic rings. The third-order valence-corrected chi connectivity index (χ3v) is 4.67. The summed E-state index contributed by atoms with van der Waals surface area (Å²) in [5.74, 6) is 0.703. The molecule has 1 fully saturated rings. The Labute approximate surface area is 140 Å². The van der Waals surface area contributed by atoms with Crippen LogP contribution in [0.25, 0.3) is 0 Å². The highest BCUT2D eigenvalue weighted by Crippen LogP contribution is 2.45. The molecule has 0 spiro atoms. The molecule has 0 radical (unpaired) electrons. The third kappa shape index (κ3) is 2.82. The van der Waals surface area contributed by atoms with Gasteiger partial charge in [-0.15, -0.1) is 0 Å². The molecule has 1 aliphatic carbocycles. The summed E-state index contributed by atoms with van der Waals surface area (Å²) in [5, 5.41) is 2.93. The van der Waals surface area contributed by atoms with Crippen LogP contribution in [-0.2, 0) is 10.2 Å². The maximum absolute atomic E-state index is 13.6. The number of amides is 1. The monoisotopic (exact) mass is 329 g/mol. The smallest absolute Gasteiger partial charge is 0.235 e. The van der Waals surface area contributed by atoms with Gasteiger partial charge in [-0.3, -0.25) is 4.79 Å². The van der Waals surface area contributed by atoms with Crippen molar-refractivity contribution in [2.75, 3.05) is 19.5 Å². The predicted octanol–water partition coefficient (Wildman–Crippen LogP) is 3.90. The number of carbonyl (C=O) groups is 1. The molecule has 1 aliphatic rings. The minimum Gasteiger partial charge on any atom is -0.497 e. The van der Waals surface area contributed by atoms with E-state index in [1.807, 2.05) is 6.07 Å². The van der Waals surface area contributed by atoms with E-state index in [0.29, 0.717) is 35.6 Å². The van der Waals surface area contributed by atoms with Crippen LogP contribution in [0.15, 0.2) is 42.5 Å². The summed E-state index contributed by atoms with van der Waals surface area (Å²) in [6.45, 7) is 0. The van der Waals surface area contributed by atoms with Crippen LogP contribution >= 0.6 is 0 Å². The SMILES string of the molecule is COc1ccc(OC)c(NC(=O)C2(c3cccc(F)c3)CCC2)c1. The Morgan fingerprint density at radius 3 is 2.50 bits per heavy atom. The van der Waals surface area contributed by atoms with Crippen LogP contribution in [0.4, 0.5) is 10.1 Å². The molecule has 0 aromatic heterocycles. The highest BCUT2D eigenvalue weighted by Gasteiger charge is 2.46. The van der Waals surface area contributed by atoms with Gasteiger partial charge in [-0.2, -0.15) is 0 Å². The van der Waals surface area contributed by atoms with E-state index < -0.39 is 5.41 Å². The van der Waals surface area contributed by atoms with Gasteiger partial charge >= 0.3 is 0 Å². The maximum atomic E-state index is 13.6. The van der Waals surface area contributed by atoms with E-state index in [0.717, 1.165) is 6.42 Å². The van der Waals surface area contributed by atoms with Gasteiger partial charge in [0.05, 0.1) is 25.3 Å². The zero-order valence-electron chi connectivity index (χ0n) is 13.8. The zero-order valence-corrected chi connectivity index (χ0v) is 13.8. The molecular formula is C19H20FNO3. The number of methoxy groups -OCH3 is 2. The lowest BCUT2D eigenvalue weighted by atomic mass is 9.63. The Hall–Kier alpha value is -2.56. The summed E-state index contributed by atoms with van der Waals surface area (Å²) in [4.78, 5) is 13.0. The van der Waals surface area contributed by atoms with E-state index >= 15 is 0 Å². The summed E-state index contributed by atoms with van der Waals surface area (Å²) in [6, 6.07) is 11.5. The van der Waals surface area contributed by atoms with E-state index in [4.69, 9.17) is 9.47 Å². The summed E-state index contributed by atoms with van der Waals surface area (Å²) in [6.07, 6.45) is 2.35. The first-order valence-electron chi connectivity index (χ1n) is 7.88. The summed E-state index contributed by atoms with van der Waals surface area (Å²) in [7, 11) is 3.11. The standard InChI is InChI=1S/C19H20FNO3/c1-23-15-7-8-17(24-2)16(12-15)21-18(22)19(9-4-10-19)13-5-3-6-14(20)11-13/h3,5-8,11-12H,4,9-10H2,1-2H3,(H,21,22). The number of benzene rings is 2. The van der Waals surface area contributed by atoms with E-state index in [9.17, 15) is 9.18 Å². The molecule has 0 saturated heterocycles. The van der Waals surface area contributed by atoms with Crippen LogP contribution in [0.5, 0.6) is 11.5 Å². The van der Waals surface area contributed by atoms with Gasteiger partial charge in [-0.25, -0.2) is 4.39 Å². The lowest BCUT2D eigenvalue weighted by Crippen LogP contribution is -2.46. The molecule has 3 rings (SSSR count). The third-order valence-electron chi connectivity index (χ3n) is 4.67. The molecule has 1 N–H and O–H groups in total. The van der Waals surface area contributed by atoms with Crippen molar-refractivity contribution in [1.82, 2.24) is 0 Å². The Bertz CT molecular complexity index is 756. The van der Waals surface area contributed by atoms with Gasteiger partial charge in [0, 0.05) is 6.07 Å². The zero-order chi connectivity index (χ0) is 17.2. The van der Waals surface area contributed by atoms with Crippen molar-refractivity contribution in [1.29, 1.82) is 0 Å². The number of hydrogen-bond acceptors (Lipinski definition) is 3. The van der Waals surface area contributed by atoms with Crippen LogP contribution < -0.4 is 14.8 Å². The highest BCUT2D eigenvalue weighted by molar-refractivity contribution is 6.01. The summed E-state index contributed by atoms with van der Waals surface area (Å²) < 4.78 is 24.1. The van der Waals surface area contributed by atoms with Crippen LogP contribution in [0.2, 0.25) is 0 Å². The molecule has 0 aliphatic heterocycles. The van der Waals surface area contributed by atoms with Crippen LogP contribution in [0, 0.1) is 5.82 Å². The molecule has 0 unspecified atom stereocenters. The number of halogens is 1. The number of rotatable bonds is 5. The van der Waals surface area contributed by atoms with Gasteiger partial charge in [-0.1, -0.05) is 18.6 Å². The first kappa shape index (κ1) is 16.3. The van der Waals surface area contributed by atoms with Gasteiger partial charge in [0.1, 0.15) is 17.3 Å². The average molecular weight is 329 g/mol. The van der Waals surface area contributed by atoms with Gasteiger partial charge in [-0.05, 0) is 42.7 Å². The van der Waals surface area contributed by atoms with Gasteiger partial charge in [0.2, 0.25) is 5.91 Å². The van der Waals surface area contributed by atoms with E-state index in [-0.39, 0.29) is 11.7 Å². The molecule has 0 bridgehead atoms. The molecule has 5 heteroatoms. The van der Waals surface area contributed by atoms with E-state index in [2.05, 4.69) is 5.32 Å². The van der Waals surface area contributed by atoms with Gasteiger partial charge < -0.3 is 14.8 Å². The molecule has 1 saturated carbocycles. The summed E-state index contributed by atoms with van der Waals surface area (Å²) in [5.41, 5.74) is 0.577. The van der Waals surface area contributed by atoms with Crippen molar-refractivity contribution in [3.63, 3.8) is 0 Å². The van der Waals surface area contributed by atoms with Crippen LogP contribution in [0.1, 0.15) is 24.8 Å². The van der Waals surface area contributed by atoms with Crippen molar-refractivity contribution in [2.24, 2.45) is 0 Å². The number of anilines is 1. The fourth-order valence-electron chi connectivity index (χ4n) is 3.12. The highest BCUT2D eigenvalue weighted by atomic mass is 19.1. The Kier molecular flexibility index (Phi) is 4.42. The molecule has 4 nitrogen and oxygen atoms in total. The molecular weight excluding hydrogens is 309 g/mol. The van der Waals surface area contributed by atoms with E-state index in [1.165, 1.54) is 12.1 Å². The lowest BCUT2D eigenvalue weighted by Gasteiger charge is -2.40. The number of hydrogen-bond donors (Lipinski definition) is 1. The van der Waals surface area contributed by atoms with Crippen LogP contribution in [-0.4, -0.2) is 20.1 Å². The Morgan fingerprint density at radius 1 is 1.12 bits per heavy atom. The normalized spacial score (nSPS) is 15.3. The van der Waals surface area contributed by atoms with Crippen molar-refractivity contribution in [3.05, 3.63) is 53.8 Å². The van der Waals surface area contributed by atoms with E-state index in [1.54, 1.807) is 38.5 Å². The van der Waals surface area contributed by atoms with Crippen molar-refractivity contribution < 1.29 is 18.7 Å². The topological polar surface area (TPSA) is 47.6 Å². The largest absolute Gasteiger partial charge is 0.497 e. The first-order chi connectivity index (χ1) is 11.6. The first-order valence-corrected chi connectivity index (χ1v) is 7.88. The minimum absolute atomic E-state index is 0.147. The fourth-order valence-corrected chi connectivity index (χ4v) is 3.12. The Morgan fingerprint density at radius 2 is 1.92 bits per heavy atom. The minimum atomic E-state index is -0.684. The second-order valence-electron chi connectivity index (χ2n) is 5.97. The second-order valence-corrected chi connectivity index (χ2v) is 5.97. The molecule has 0 atom stereocenters. The molecule has 24 heavy (non-hydrogen) atoms. The molecule has 0 heterocycles. The van der Waals surface area contributed by atoms with Crippen LogP contribution in [0.3, 0.4) is 0 Å². The van der Waals surface area contributed by atoms with Gasteiger partial charge in [0.25, 0.3) is 0 Å². The quantitative estimate of drug-likeness (QED) is 0.905. The Balaban J connectivity index is 1.91. The predicted molar refractivity (Wildman–Crippen MR) is 90.1 cm³/mol. The average Bonchev–Trinajstić information content (AvgIpc) is 2.54. The maximum Gasteiger partial charge on any atom is 0.235 e. The van der Waals surface area contributed by atoms with Crippen molar-refractivity contribution in [2.45, 2.75) is 24.7 Å². The number of carbonyl (C=O) groups excluding carboxylic acids is 1. The number of ether oxygens (including phenoxy) is 2.